The summed E-state index contributed by atoms with van der Waals surface area (Å²) in [5.41, 5.74) is 5.57. The van der Waals surface area contributed by atoms with Gasteiger partial charge in [0.1, 0.15) is 0 Å². The molecule has 1 atom stereocenters. The maximum Gasteiger partial charge on any atom is 0.324 e. The number of nitro groups is 1. The maximum absolute atomic E-state index is 11.9. The highest BCUT2D eigenvalue weighted by atomic mass is 32.1. The zero-order chi connectivity index (χ0) is 9.84. The summed E-state index contributed by atoms with van der Waals surface area (Å²) in [4.78, 5) is 10.5. The van der Waals surface area contributed by atoms with Gasteiger partial charge in [0.15, 0.2) is 0 Å². The van der Waals surface area contributed by atoms with Gasteiger partial charge in [-0.05, 0) is 12.5 Å². The minimum atomic E-state index is -0.507. The molecular formula is C7H9FN2O2S. The molecule has 6 heteroatoms. The fourth-order valence-electron chi connectivity index (χ4n) is 0.899. The van der Waals surface area contributed by atoms with Crippen molar-refractivity contribution in [2.75, 3.05) is 6.67 Å². The van der Waals surface area contributed by atoms with E-state index >= 15 is 0 Å². The molecule has 0 aliphatic heterocycles. The Morgan fingerprint density at radius 2 is 2.38 bits per heavy atom. The van der Waals surface area contributed by atoms with Crippen LogP contribution in [0.5, 0.6) is 0 Å². The van der Waals surface area contributed by atoms with Gasteiger partial charge in [-0.1, -0.05) is 11.3 Å². The van der Waals surface area contributed by atoms with Crippen LogP contribution in [0, 0.1) is 10.1 Å². The topological polar surface area (TPSA) is 69.2 Å². The summed E-state index contributed by atoms with van der Waals surface area (Å²) in [6, 6.07) is 2.53. The van der Waals surface area contributed by atoms with Gasteiger partial charge in [0.25, 0.3) is 0 Å². The van der Waals surface area contributed by atoms with E-state index in [1.165, 1.54) is 6.07 Å². The number of nitrogens with zero attached hydrogens (tertiary/aromatic N) is 1. The Balaban J connectivity index is 2.73. The molecule has 0 aromatic carbocycles. The van der Waals surface area contributed by atoms with Gasteiger partial charge in [-0.3, -0.25) is 14.5 Å². The van der Waals surface area contributed by atoms with Gasteiger partial charge in [0.05, 0.1) is 11.6 Å². The molecule has 0 spiro atoms. The minimum absolute atomic E-state index is 0.0457. The number of thiophene rings is 1. The molecule has 0 saturated heterocycles. The average molecular weight is 204 g/mol. The van der Waals surface area contributed by atoms with Crippen molar-refractivity contribution in [3.8, 4) is 0 Å². The fraction of sp³-hybridized carbons (Fsp3) is 0.429. The quantitative estimate of drug-likeness (QED) is 0.602. The van der Waals surface area contributed by atoms with Crippen LogP contribution in [0.2, 0.25) is 0 Å². The molecular weight excluding hydrogens is 195 g/mol. The van der Waals surface area contributed by atoms with Crippen molar-refractivity contribution in [3.63, 3.8) is 0 Å². The highest BCUT2D eigenvalue weighted by Gasteiger charge is 2.14. The lowest BCUT2D eigenvalue weighted by Gasteiger charge is -2.03. The standard InChI is InChI=1S/C7H9FN2O2S/c8-4-3-5(9)6-1-2-7(13-6)10(11)12/h1-2,5H,3-4,9H2/t5-/m1/s1. The molecule has 0 bridgehead atoms. The Bertz CT molecular complexity index is 302. The van der Waals surface area contributed by atoms with Crippen LogP contribution in [0.25, 0.3) is 0 Å². The second-order valence-corrected chi connectivity index (χ2v) is 3.61. The van der Waals surface area contributed by atoms with Crippen LogP contribution < -0.4 is 5.73 Å². The van der Waals surface area contributed by atoms with Crippen LogP contribution in [-0.4, -0.2) is 11.6 Å². The molecule has 0 aliphatic carbocycles. The molecule has 1 aromatic rings. The van der Waals surface area contributed by atoms with E-state index < -0.39 is 17.6 Å². The second kappa shape index (κ2) is 4.29. The van der Waals surface area contributed by atoms with Crippen molar-refractivity contribution < 1.29 is 9.31 Å². The third-order valence-electron chi connectivity index (χ3n) is 1.58. The largest absolute Gasteiger partial charge is 0.324 e. The van der Waals surface area contributed by atoms with Crippen LogP contribution >= 0.6 is 11.3 Å². The lowest BCUT2D eigenvalue weighted by molar-refractivity contribution is -0.380. The highest BCUT2D eigenvalue weighted by molar-refractivity contribution is 7.15. The molecule has 0 aliphatic rings. The molecule has 0 amide bonds. The average Bonchev–Trinajstić information content (AvgIpc) is 2.52. The van der Waals surface area contributed by atoms with Crippen molar-refractivity contribution >= 4 is 16.3 Å². The third kappa shape index (κ3) is 2.46. The van der Waals surface area contributed by atoms with Gasteiger partial charge in [0, 0.05) is 17.0 Å². The molecule has 4 nitrogen and oxygen atoms in total. The number of hydrogen-bond acceptors (Lipinski definition) is 4. The minimum Gasteiger partial charge on any atom is -0.323 e. The van der Waals surface area contributed by atoms with Crippen molar-refractivity contribution in [1.82, 2.24) is 0 Å². The molecule has 13 heavy (non-hydrogen) atoms. The van der Waals surface area contributed by atoms with Crippen LogP contribution in [0.4, 0.5) is 9.39 Å². The van der Waals surface area contributed by atoms with E-state index in [0.717, 1.165) is 11.3 Å². The van der Waals surface area contributed by atoms with E-state index in [1.54, 1.807) is 6.07 Å². The van der Waals surface area contributed by atoms with Crippen molar-refractivity contribution in [2.45, 2.75) is 12.5 Å². The fourth-order valence-corrected chi connectivity index (χ4v) is 1.76. The van der Waals surface area contributed by atoms with Gasteiger partial charge in [-0.25, -0.2) is 0 Å². The molecule has 0 radical (unpaired) electrons. The molecule has 0 saturated carbocycles. The summed E-state index contributed by atoms with van der Waals surface area (Å²) in [6.45, 7) is -0.507. The Morgan fingerprint density at radius 3 is 2.85 bits per heavy atom. The zero-order valence-electron chi connectivity index (χ0n) is 6.77. The Labute approximate surface area is 78.3 Å². The lowest BCUT2D eigenvalue weighted by atomic mass is 10.2. The second-order valence-electron chi connectivity index (χ2n) is 2.52. The molecule has 1 rings (SSSR count). The van der Waals surface area contributed by atoms with Crippen LogP contribution in [0.1, 0.15) is 17.3 Å². The first-order chi connectivity index (χ1) is 6.15. The molecule has 1 heterocycles. The summed E-state index contributed by atoms with van der Waals surface area (Å²) in [5, 5.41) is 10.3. The van der Waals surface area contributed by atoms with Crippen LogP contribution in [0.3, 0.4) is 0 Å². The number of hydrogen-bond donors (Lipinski definition) is 1. The summed E-state index contributed by atoms with van der Waals surface area (Å²) < 4.78 is 11.9. The molecule has 0 unspecified atom stereocenters. The first-order valence-corrected chi connectivity index (χ1v) is 4.52. The Hall–Kier alpha value is -1.01. The molecule has 1 aromatic heterocycles. The summed E-state index contributed by atoms with van der Waals surface area (Å²) in [5.74, 6) is 0. The van der Waals surface area contributed by atoms with Crippen LogP contribution in [-0.2, 0) is 0 Å². The smallest absolute Gasteiger partial charge is 0.323 e. The van der Waals surface area contributed by atoms with Gasteiger partial charge in [-0.2, -0.15) is 0 Å². The third-order valence-corrected chi connectivity index (χ3v) is 2.75. The van der Waals surface area contributed by atoms with E-state index in [1.807, 2.05) is 0 Å². The van der Waals surface area contributed by atoms with Crippen molar-refractivity contribution in [3.05, 3.63) is 27.1 Å². The van der Waals surface area contributed by atoms with Gasteiger partial charge >= 0.3 is 5.00 Å². The first kappa shape index (κ1) is 10.1. The summed E-state index contributed by atoms with van der Waals surface area (Å²) in [6.07, 6.45) is 0.206. The van der Waals surface area contributed by atoms with Crippen molar-refractivity contribution in [2.24, 2.45) is 5.73 Å². The zero-order valence-corrected chi connectivity index (χ0v) is 7.59. The predicted octanol–water partition coefficient (Wildman–Crippen LogP) is 2.02. The first-order valence-electron chi connectivity index (χ1n) is 3.71. The van der Waals surface area contributed by atoms with E-state index in [4.69, 9.17) is 5.73 Å². The van der Waals surface area contributed by atoms with E-state index in [2.05, 4.69) is 0 Å². The van der Waals surface area contributed by atoms with Crippen LogP contribution in [0.15, 0.2) is 12.1 Å². The summed E-state index contributed by atoms with van der Waals surface area (Å²) in [7, 11) is 0. The summed E-state index contributed by atoms with van der Waals surface area (Å²) >= 11 is 0.998. The number of halogens is 1. The Kier molecular flexibility index (Phi) is 3.32. The molecule has 72 valence electrons. The lowest BCUT2D eigenvalue weighted by Crippen LogP contribution is -2.08. The predicted molar refractivity (Wildman–Crippen MR) is 48.5 cm³/mol. The van der Waals surface area contributed by atoms with E-state index in [-0.39, 0.29) is 11.4 Å². The molecule has 0 fully saturated rings. The van der Waals surface area contributed by atoms with E-state index in [0.29, 0.717) is 4.88 Å². The SMILES string of the molecule is N[C@H](CCF)c1ccc([N+](=O)[O-])s1. The number of rotatable bonds is 4. The number of nitrogens with two attached hydrogens (primary N) is 1. The van der Waals surface area contributed by atoms with Gasteiger partial charge < -0.3 is 5.73 Å². The van der Waals surface area contributed by atoms with Crippen molar-refractivity contribution in [1.29, 1.82) is 0 Å². The maximum atomic E-state index is 11.9. The highest BCUT2D eigenvalue weighted by Crippen LogP contribution is 2.28. The van der Waals surface area contributed by atoms with Gasteiger partial charge in [-0.15, -0.1) is 0 Å². The monoisotopic (exact) mass is 204 g/mol. The molecule has 2 N–H and O–H groups in total. The number of alkyl halides is 1. The van der Waals surface area contributed by atoms with Gasteiger partial charge in [0.2, 0.25) is 0 Å². The Morgan fingerprint density at radius 1 is 1.69 bits per heavy atom. The van der Waals surface area contributed by atoms with E-state index in [9.17, 15) is 14.5 Å². The normalized spacial score (nSPS) is 12.8.